The molecule has 5 heteroatoms. The zero-order valence-electron chi connectivity index (χ0n) is 7.87. The van der Waals surface area contributed by atoms with Crippen LogP contribution in [0.15, 0.2) is 18.5 Å². The number of aryl methyl sites for hydroxylation is 2. The molecule has 0 saturated carbocycles. The molecule has 1 N–H and O–H groups in total. The van der Waals surface area contributed by atoms with Gasteiger partial charge >= 0.3 is 0 Å². The lowest BCUT2D eigenvalue weighted by Crippen LogP contribution is -2.00. The van der Waals surface area contributed by atoms with Crippen LogP contribution in [0.2, 0.25) is 0 Å². The van der Waals surface area contributed by atoms with Gasteiger partial charge in [-0.1, -0.05) is 0 Å². The van der Waals surface area contributed by atoms with Crippen molar-refractivity contribution in [2.75, 3.05) is 6.26 Å². The summed E-state index contributed by atoms with van der Waals surface area (Å²) in [7, 11) is -3.92. The molecular weight excluding hydrogens is 190 g/mol. The van der Waals surface area contributed by atoms with Crippen molar-refractivity contribution in [3.8, 4) is 0 Å². The molecule has 0 saturated heterocycles. The van der Waals surface area contributed by atoms with Gasteiger partial charge in [0.05, 0.1) is 10.1 Å². The monoisotopic (exact) mass is 203 g/mol. The summed E-state index contributed by atoms with van der Waals surface area (Å²) in [5.41, 5.74) is 2.56. The number of rotatable bonds is 0. The Morgan fingerprint density at radius 3 is 1.69 bits per heavy atom. The van der Waals surface area contributed by atoms with Gasteiger partial charge in [0.25, 0.3) is 0 Å². The number of aromatic amines is 1. The lowest BCUT2D eigenvalue weighted by molar-refractivity contribution is -0.379. The van der Waals surface area contributed by atoms with Crippen LogP contribution in [0.5, 0.6) is 0 Å². The number of pyridine rings is 1. The van der Waals surface area contributed by atoms with E-state index in [0.717, 1.165) is 0 Å². The number of hydrogen-bond acceptors (Lipinski definition) is 3. The summed E-state index contributed by atoms with van der Waals surface area (Å²) in [6.45, 7) is 4.15. The molecule has 4 nitrogen and oxygen atoms in total. The highest BCUT2D eigenvalue weighted by molar-refractivity contribution is 7.84. The van der Waals surface area contributed by atoms with E-state index in [1.165, 1.54) is 11.1 Å². The minimum Gasteiger partial charge on any atom is -0.748 e. The van der Waals surface area contributed by atoms with Gasteiger partial charge in [0.1, 0.15) is 0 Å². The highest BCUT2D eigenvalue weighted by Gasteiger charge is 1.87. The van der Waals surface area contributed by atoms with Crippen LogP contribution in [-0.2, 0) is 10.1 Å². The first-order valence-electron chi connectivity index (χ1n) is 3.64. The van der Waals surface area contributed by atoms with E-state index < -0.39 is 10.1 Å². The fourth-order valence-electron chi connectivity index (χ4n) is 0.747. The standard InChI is InChI=1S/C7H9N.CH4O3S/c1-6-3-7(2)5-8-4-6;1-5(2,3)4/h3-5H,1-2H3;1H3,(H,2,3,4). The first kappa shape index (κ1) is 12.1. The van der Waals surface area contributed by atoms with Crippen LogP contribution in [0.25, 0.3) is 0 Å². The zero-order chi connectivity index (χ0) is 10.5. The number of hydrogen-bond donors (Lipinski definition) is 0. The molecule has 1 rings (SSSR count). The smallest absolute Gasteiger partial charge is 0.169 e. The van der Waals surface area contributed by atoms with Gasteiger partial charge in [-0.15, -0.1) is 0 Å². The SMILES string of the molecule is CS(=O)(=O)[O-].Cc1c[nH+]cc(C)c1. The van der Waals surface area contributed by atoms with Crippen molar-refractivity contribution in [2.24, 2.45) is 0 Å². The van der Waals surface area contributed by atoms with Crippen molar-refractivity contribution < 1.29 is 18.0 Å². The molecule has 74 valence electrons. The van der Waals surface area contributed by atoms with Crippen molar-refractivity contribution in [1.29, 1.82) is 0 Å². The average molecular weight is 203 g/mol. The van der Waals surface area contributed by atoms with E-state index in [0.29, 0.717) is 6.26 Å². The summed E-state index contributed by atoms with van der Waals surface area (Å²) in [6.07, 6.45) is 4.56. The van der Waals surface area contributed by atoms with Crippen LogP contribution in [0.4, 0.5) is 0 Å². The van der Waals surface area contributed by atoms with E-state index in [1.807, 2.05) is 12.4 Å². The van der Waals surface area contributed by atoms with Crippen LogP contribution in [0, 0.1) is 13.8 Å². The maximum Gasteiger partial charge on any atom is 0.169 e. The Balaban J connectivity index is 0.000000252. The Morgan fingerprint density at radius 2 is 1.54 bits per heavy atom. The molecule has 1 heterocycles. The predicted molar refractivity (Wildman–Crippen MR) is 48.1 cm³/mol. The summed E-state index contributed by atoms with van der Waals surface area (Å²) in [6, 6.07) is 2.14. The molecule has 0 bridgehead atoms. The number of nitrogens with one attached hydrogen (secondary N) is 1. The summed E-state index contributed by atoms with van der Waals surface area (Å²) in [5.74, 6) is 0. The van der Waals surface area contributed by atoms with Crippen LogP contribution in [-0.4, -0.2) is 19.2 Å². The summed E-state index contributed by atoms with van der Waals surface area (Å²) in [5, 5.41) is 0. The fraction of sp³-hybridized carbons (Fsp3) is 0.375. The van der Waals surface area contributed by atoms with Crippen molar-refractivity contribution in [1.82, 2.24) is 0 Å². The average Bonchev–Trinajstić information content (AvgIpc) is 1.81. The molecule has 0 aliphatic carbocycles. The normalized spacial score (nSPS) is 10.2. The Hall–Kier alpha value is -0.940. The largest absolute Gasteiger partial charge is 0.748 e. The second-order valence-electron chi connectivity index (χ2n) is 2.79. The Bertz CT molecular complexity index is 334. The van der Waals surface area contributed by atoms with E-state index in [-0.39, 0.29) is 0 Å². The molecule has 0 radical (unpaired) electrons. The quantitative estimate of drug-likeness (QED) is 0.568. The first-order valence-corrected chi connectivity index (χ1v) is 5.46. The maximum absolute atomic E-state index is 9.08. The van der Waals surface area contributed by atoms with Gasteiger partial charge in [-0.3, -0.25) is 0 Å². The zero-order valence-corrected chi connectivity index (χ0v) is 8.68. The third-order valence-corrected chi connectivity index (χ3v) is 1.08. The van der Waals surface area contributed by atoms with Gasteiger partial charge in [-0.05, 0) is 19.9 Å². The highest BCUT2D eigenvalue weighted by Crippen LogP contribution is 1.93. The van der Waals surface area contributed by atoms with Crippen molar-refractivity contribution >= 4 is 10.1 Å². The van der Waals surface area contributed by atoms with E-state index >= 15 is 0 Å². The molecule has 0 aliphatic rings. The van der Waals surface area contributed by atoms with Crippen molar-refractivity contribution in [3.63, 3.8) is 0 Å². The molecule has 0 atom stereocenters. The molecule has 0 fully saturated rings. The number of aromatic nitrogens is 1. The predicted octanol–water partition coefficient (Wildman–Crippen LogP) is 0.279. The van der Waals surface area contributed by atoms with Crippen LogP contribution < -0.4 is 4.98 Å². The summed E-state index contributed by atoms with van der Waals surface area (Å²) in [4.78, 5) is 3.03. The molecule has 13 heavy (non-hydrogen) atoms. The topological polar surface area (TPSA) is 71.3 Å². The van der Waals surface area contributed by atoms with Crippen LogP contribution in [0.1, 0.15) is 11.1 Å². The van der Waals surface area contributed by atoms with E-state index in [4.69, 9.17) is 13.0 Å². The van der Waals surface area contributed by atoms with Gasteiger partial charge in [0.15, 0.2) is 12.4 Å². The Morgan fingerprint density at radius 1 is 1.23 bits per heavy atom. The second-order valence-corrected chi connectivity index (χ2v) is 4.20. The van der Waals surface area contributed by atoms with E-state index in [1.54, 1.807) is 0 Å². The lowest BCUT2D eigenvalue weighted by atomic mass is 10.2. The third-order valence-electron chi connectivity index (χ3n) is 1.08. The third kappa shape index (κ3) is 11.1. The fourth-order valence-corrected chi connectivity index (χ4v) is 0.747. The molecule has 0 amide bonds. The molecule has 1 aromatic rings. The van der Waals surface area contributed by atoms with Crippen molar-refractivity contribution in [3.05, 3.63) is 29.6 Å². The van der Waals surface area contributed by atoms with Gasteiger partial charge < -0.3 is 4.55 Å². The van der Waals surface area contributed by atoms with Gasteiger partial charge in [0, 0.05) is 17.4 Å². The van der Waals surface area contributed by atoms with Gasteiger partial charge in [-0.25, -0.2) is 13.4 Å². The van der Waals surface area contributed by atoms with Crippen LogP contribution in [0.3, 0.4) is 0 Å². The molecule has 1 aromatic heterocycles. The Kier molecular flexibility index (Phi) is 4.58. The molecule has 0 spiro atoms. The minimum atomic E-state index is -3.92. The minimum absolute atomic E-state index is 0.604. The number of H-pyrrole nitrogens is 1. The molecule has 0 aliphatic heterocycles. The van der Waals surface area contributed by atoms with Crippen molar-refractivity contribution in [2.45, 2.75) is 13.8 Å². The van der Waals surface area contributed by atoms with Gasteiger partial charge in [-0.2, -0.15) is 0 Å². The molecular formula is C8H13NO3S. The molecule has 0 aromatic carbocycles. The van der Waals surface area contributed by atoms with Gasteiger partial charge in [0.2, 0.25) is 0 Å². The highest BCUT2D eigenvalue weighted by atomic mass is 32.2. The summed E-state index contributed by atoms with van der Waals surface area (Å²) < 4.78 is 27.2. The first-order chi connectivity index (χ1) is 5.79. The summed E-state index contributed by atoms with van der Waals surface area (Å²) >= 11 is 0. The maximum atomic E-state index is 9.08. The van der Waals surface area contributed by atoms with E-state index in [2.05, 4.69) is 24.9 Å². The lowest BCUT2D eigenvalue weighted by Gasteiger charge is -1.90. The van der Waals surface area contributed by atoms with E-state index in [9.17, 15) is 0 Å². The second kappa shape index (κ2) is 4.94. The van der Waals surface area contributed by atoms with Crippen LogP contribution >= 0.6 is 0 Å². The molecule has 0 unspecified atom stereocenters. The Labute approximate surface area is 78.4 Å².